The normalized spacial score (nSPS) is 17.2. The van der Waals surface area contributed by atoms with Crippen molar-refractivity contribution in [1.29, 1.82) is 0 Å². The molecule has 1 aromatic carbocycles. The maximum absolute atomic E-state index is 9.76. The first kappa shape index (κ1) is 9.11. The van der Waals surface area contributed by atoms with Crippen LogP contribution < -0.4 is 10.5 Å². The van der Waals surface area contributed by atoms with Crippen LogP contribution in [0.5, 0.6) is 5.75 Å². The molecule has 0 saturated heterocycles. The number of nitrogen functional groups attached to an aromatic ring is 1. The Morgan fingerprint density at radius 3 is 3.00 bits per heavy atom. The molecule has 0 spiro atoms. The topological polar surface area (TPSA) is 81.3 Å². The number of rotatable bonds is 0. The Morgan fingerprint density at radius 1 is 1.31 bits per heavy atom. The Balaban J connectivity index is 2.30. The Hall–Kier alpha value is -2.14. The first-order valence-electron chi connectivity index (χ1n) is 4.82. The van der Waals surface area contributed by atoms with Crippen LogP contribution in [0.15, 0.2) is 30.5 Å². The molecule has 1 aliphatic heterocycles. The number of aliphatic hydroxyl groups excluding tert-OH is 1. The zero-order chi connectivity index (χ0) is 11.1. The second kappa shape index (κ2) is 3.18. The molecule has 16 heavy (non-hydrogen) atoms. The highest BCUT2D eigenvalue weighted by Gasteiger charge is 2.25. The molecule has 2 heterocycles. The Bertz CT molecular complexity index is 557. The van der Waals surface area contributed by atoms with E-state index in [0.717, 1.165) is 5.56 Å². The van der Waals surface area contributed by atoms with Gasteiger partial charge in [0.15, 0.2) is 0 Å². The molecule has 5 heteroatoms. The third kappa shape index (κ3) is 1.22. The molecule has 5 nitrogen and oxygen atoms in total. The maximum atomic E-state index is 9.76. The molecule has 0 amide bonds. The summed E-state index contributed by atoms with van der Waals surface area (Å²) in [4.78, 5) is 7.97. The van der Waals surface area contributed by atoms with Crippen molar-refractivity contribution < 1.29 is 9.84 Å². The zero-order valence-corrected chi connectivity index (χ0v) is 8.29. The highest BCUT2D eigenvalue weighted by molar-refractivity contribution is 5.72. The minimum Gasteiger partial charge on any atom is -0.460 e. The Kier molecular flexibility index (Phi) is 1.81. The third-order valence-electron chi connectivity index (χ3n) is 2.48. The molecule has 0 saturated carbocycles. The van der Waals surface area contributed by atoms with Crippen molar-refractivity contribution in [2.75, 3.05) is 5.73 Å². The van der Waals surface area contributed by atoms with Crippen molar-refractivity contribution in [2.24, 2.45) is 0 Å². The number of anilines is 1. The number of hydrogen-bond donors (Lipinski definition) is 2. The lowest BCUT2D eigenvalue weighted by atomic mass is 10.0. The molecule has 1 aliphatic rings. The number of hydrogen-bond acceptors (Lipinski definition) is 5. The van der Waals surface area contributed by atoms with Crippen LogP contribution in [0, 0.1) is 0 Å². The fraction of sp³-hybridized carbons (Fsp3) is 0.0909. The van der Waals surface area contributed by atoms with Gasteiger partial charge in [0.05, 0.1) is 11.3 Å². The molecule has 1 unspecified atom stereocenters. The second-order valence-electron chi connectivity index (χ2n) is 3.50. The summed E-state index contributed by atoms with van der Waals surface area (Å²) in [6.45, 7) is 0. The molecule has 2 aromatic rings. The van der Waals surface area contributed by atoms with Crippen LogP contribution in [0.25, 0.3) is 11.3 Å². The van der Waals surface area contributed by atoms with E-state index in [1.165, 1.54) is 6.20 Å². The van der Waals surface area contributed by atoms with E-state index in [1.54, 1.807) is 6.07 Å². The van der Waals surface area contributed by atoms with Gasteiger partial charge in [-0.25, -0.2) is 9.97 Å². The molecule has 1 atom stereocenters. The van der Waals surface area contributed by atoms with Crippen molar-refractivity contribution in [3.05, 3.63) is 36.0 Å². The van der Waals surface area contributed by atoms with E-state index in [9.17, 15) is 5.11 Å². The summed E-state index contributed by atoms with van der Waals surface area (Å²) in [6.07, 6.45) is 0.448. The van der Waals surface area contributed by atoms with E-state index in [2.05, 4.69) is 9.97 Å². The first-order valence-corrected chi connectivity index (χ1v) is 4.82. The van der Waals surface area contributed by atoms with E-state index >= 15 is 0 Å². The lowest BCUT2D eigenvalue weighted by Gasteiger charge is -2.23. The number of para-hydroxylation sites is 1. The SMILES string of the molecule is Nc1ncc2c(n1)-c1ccccc1OC2O. The fourth-order valence-corrected chi connectivity index (χ4v) is 1.75. The molecule has 0 aliphatic carbocycles. The Labute approximate surface area is 91.5 Å². The Morgan fingerprint density at radius 2 is 2.12 bits per heavy atom. The van der Waals surface area contributed by atoms with Crippen molar-refractivity contribution >= 4 is 5.95 Å². The molecule has 3 N–H and O–H groups in total. The fourth-order valence-electron chi connectivity index (χ4n) is 1.75. The van der Waals surface area contributed by atoms with Crippen molar-refractivity contribution in [1.82, 2.24) is 9.97 Å². The van der Waals surface area contributed by atoms with E-state index in [0.29, 0.717) is 17.0 Å². The van der Waals surface area contributed by atoms with Gasteiger partial charge < -0.3 is 15.6 Å². The van der Waals surface area contributed by atoms with Gasteiger partial charge in [0, 0.05) is 11.8 Å². The summed E-state index contributed by atoms with van der Waals surface area (Å²) in [5.74, 6) is 0.781. The maximum Gasteiger partial charge on any atom is 0.227 e. The molecular formula is C11H9N3O2. The second-order valence-corrected chi connectivity index (χ2v) is 3.50. The van der Waals surface area contributed by atoms with E-state index in [1.807, 2.05) is 18.2 Å². The van der Waals surface area contributed by atoms with Gasteiger partial charge in [0.1, 0.15) is 5.75 Å². The standard InChI is InChI=1S/C11H9N3O2/c12-11-13-5-7-9(14-11)6-3-1-2-4-8(6)16-10(7)15/h1-5,10,15H,(H2,12,13,14). The molecular weight excluding hydrogens is 206 g/mol. The van der Waals surface area contributed by atoms with Crippen LogP contribution in [-0.2, 0) is 0 Å². The van der Waals surface area contributed by atoms with Gasteiger partial charge in [-0.15, -0.1) is 0 Å². The number of nitrogens with zero attached hydrogens (tertiary/aromatic N) is 2. The number of nitrogens with two attached hydrogens (primary N) is 1. The van der Waals surface area contributed by atoms with Crippen LogP contribution in [0.3, 0.4) is 0 Å². The minimum atomic E-state index is -1.04. The number of aliphatic hydroxyl groups is 1. The van der Waals surface area contributed by atoms with Crippen molar-refractivity contribution in [3.8, 4) is 17.0 Å². The summed E-state index contributed by atoms with van der Waals surface area (Å²) in [5, 5.41) is 9.76. The van der Waals surface area contributed by atoms with E-state index in [-0.39, 0.29) is 5.95 Å². The van der Waals surface area contributed by atoms with Crippen LogP contribution in [0.2, 0.25) is 0 Å². The molecule has 3 rings (SSSR count). The van der Waals surface area contributed by atoms with E-state index in [4.69, 9.17) is 10.5 Å². The van der Waals surface area contributed by atoms with Gasteiger partial charge in [0.25, 0.3) is 0 Å². The first-order chi connectivity index (χ1) is 7.75. The molecule has 0 bridgehead atoms. The van der Waals surface area contributed by atoms with Crippen LogP contribution in [0.1, 0.15) is 11.9 Å². The smallest absolute Gasteiger partial charge is 0.227 e. The molecule has 80 valence electrons. The molecule has 0 radical (unpaired) electrons. The molecule has 1 aromatic heterocycles. The average molecular weight is 215 g/mol. The summed E-state index contributed by atoms with van der Waals surface area (Å²) in [7, 11) is 0. The third-order valence-corrected chi connectivity index (χ3v) is 2.48. The average Bonchev–Trinajstić information content (AvgIpc) is 2.29. The van der Waals surface area contributed by atoms with Gasteiger partial charge in [-0.1, -0.05) is 12.1 Å². The largest absolute Gasteiger partial charge is 0.460 e. The summed E-state index contributed by atoms with van der Waals surface area (Å²) >= 11 is 0. The zero-order valence-electron chi connectivity index (χ0n) is 8.29. The highest BCUT2D eigenvalue weighted by Crippen LogP contribution is 2.39. The van der Waals surface area contributed by atoms with Crippen molar-refractivity contribution in [2.45, 2.75) is 6.29 Å². The van der Waals surface area contributed by atoms with Crippen LogP contribution in [-0.4, -0.2) is 15.1 Å². The minimum absolute atomic E-state index is 0.183. The predicted molar refractivity (Wildman–Crippen MR) is 57.5 cm³/mol. The van der Waals surface area contributed by atoms with Crippen LogP contribution >= 0.6 is 0 Å². The quantitative estimate of drug-likeness (QED) is 0.688. The number of ether oxygens (including phenoxy) is 1. The number of benzene rings is 1. The van der Waals surface area contributed by atoms with Gasteiger partial charge in [-0.05, 0) is 12.1 Å². The van der Waals surface area contributed by atoms with E-state index < -0.39 is 6.29 Å². The summed E-state index contributed by atoms with van der Waals surface area (Å²) in [6, 6.07) is 7.36. The predicted octanol–water partition coefficient (Wildman–Crippen LogP) is 1.11. The lowest BCUT2D eigenvalue weighted by molar-refractivity contribution is -0.0218. The monoisotopic (exact) mass is 215 g/mol. The van der Waals surface area contributed by atoms with Crippen molar-refractivity contribution in [3.63, 3.8) is 0 Å². The number of aromatic nitrogens is 2. The molecule has 0 fully saturated rings. The van der Waals surface area contributed by atoms with Gasteiger partial charge >= 0.3 is 0 Å². The summed E-state index contributed by atoms with van der Waals surface area (Å²) in [5.41, 5.74) is 7.52. The highest BCUT2D eigenvalue weighted by atomic mass is 16.6. The van der Waals surface area contributed by atoms with Crippen LogP contribution in [0.4, 0.5) is 5.95 Å². The number of fused-ring (bicyclic) bond motifs is 3. The van der Waals surface area contributed by atoms with Gasteiger partial charge in [0.2, 0.25) is 12.2 Å². The van der Waals surface area contributed by atoms with Gasteiger partial charge in [-0.2, -0.15) is 0 Å². The lowest BCUT2D eigenvalue weighted by Crippen LogP contribution is -2.15. The van der Waals surface area contributed by atoms with Gasteiger partial charge in [-0.3, -0.25) is 0 Å². The summed E-state index contributed by atoms with van der Waals surface area (Å²) < 4.78 is 5.33.